The van der Waals surface area contributed by atoms with Gasteiger partial charge in [-0.1, -0.05) is 88.4 Å². The summed E-state index contributed by atoms with van der Waals surface area (Å²) in [5.41, 5.74) is 16.3. The zero-order valence-corrected chi connectivity index (χ0v) is 31.4. The monoisotopic (exact) mass is 737 g/mol. The fourth-order valence-corrected chi connectivity index (χ4v) is 6.96. The minimum atomic E-state index is -0.998. The number of unbranched alkanes of at least 4 members (excludes halogenated alkanes) is 1. The minimum absolute atomic E-state index is 0.0596. The number of ketones is 1. The summed E-state index contributed by atoms with van der Waals surface area (Å²) < 4.78 is 11.0. The zero-order chi connectivity index (χ0) is 38.8. The number of hydrogen-bond acceptors (Lipinski definition) is 9. The Labute approximate surface area is 316 Å². The highest BCUT2D eigenvalue weighted by Gasteiger charge is 2.35. The van der Waals surface area contributed by atoms with Crippen LogP contribution in [0, 0.1) is 11.3 Å². The molecule has 0 saturated carbocycles. The number of carbonyl (C=O) groups is 4. The van der Waals surface area contributed by atoms with Gasteiger partial charge in [-0.05, 0) is 83.5 Å². The van der Waals surface area contributed by atoms with Gasteiger partial charge in [0.15, 0.2) is 5.78 Å². The van der Waals surface area contributed by atoms with Crippen molar-refractivity contribution in [2.24, 2.45) is 22.1 Å². The number of aliphatic imine (C=N–C) groups is 1. The Morgan fingerprint density at radius 1 is 0.907 bits per heavy atom. The molecule has 5 rings (SSSR count). The van der Waals surface area contributed by atoms with E-state index >= 15 is 0 Å². The third-order valence-corrected chi connectivity index (χ3v) is 9.48. The molecule has 6 N–H and O–H groups in total. The van der Waals surface area contributed by atoms with E-state index in [0.717, 1.165) is 22.3 Å². The molecule has 0 bridgehead atoms. The van der Waals surface area contributed by atoms with Crippen LogP contribution in [0.4, 0.5) is 15.3 Å². The molecule has 12 heteroatoms. The van der Waals surface area contributed by atoms with E-state index in [1.54, 1.807) is 24.3 Å². The molecule has 54 heavy (non-hydrogen) atoms. The molecule has 286 valence electrons. The molecular formula is C42H51N5O7. The first kappa shape index (κ1) is 39.7. The van der Waals surface area contributed by atoms with Crippen LogP contribution in [0.5, 0.6) is 0 Å². The van der Waals surface area contributed by atoms with Crippen molar-refractivity contribution in [3.63, 3.8) is 0 Å². The Morgan fingerprint density at radius 2 is 1.56 bits per heavy atom. The minimum Gasteiger partial charge on any atom is -0.511 e. The quantitative estimate of drug-likeness (QED) is 0.0495. The van der Waals surface area contributed by atoms with Gasteiger partial charge in [-0.3, -0.25) is 9.79 Å². The summed E-state index contributed by atoms with van der Waals surface area (Å²) >= 11 is 0. The molecule has 0 aromatic heterocycles. The van der Waals surface area contributed by atoms with Crippen molar-refractivity contribution in [1.29, 1.82) is 0 Å². The average molecular weight is 738 g/mol. The van der Waals surface area contributed by atoms with Crippen molar-refractivity contribution < 1.29 is 33.8 Å². The summed E-state index contributed by atoms with van der Waals surface area (Å²) in [6.07, 6.45) is 1.91. The van der Waals surface area contributed by atoms with Crippen LogP contribution in [-0.2, 0) is 25.7 Å². The molecule has 12 nitrogen and oxygen atoms in total. The number of benzene rings is 3. The van der Waals surface area contributed by atoms with Gasteiger partial charge in [-0.25, -0.2) is 25.2 Å². The first-order valence-corrected chi connectivity index (χ1v) is 18.5. The van der Waals surface area contributed by atoms with E-state index in [-0.39, 0.29) is 48.4 Å². The fourth-order valence-electron chi connectivity index (χ4n) is 6.96. The first-order chi connectivity index (χ1) is 25.8. The Bertz CT molecular complexity index is 1860. The number of amides is 3. The number of nitrogens with two attached hydrogens (primary N) is 1. The maximum absolute atomic E-state index is 13.1. The zero-order valence-electron chi connectivity index (χ0n) is 31.4. The van der Waals surface area contributed by atoms with E-state index in [1.165, 1.54) is 0 Å². The van der Waals surface area contributed by atoms with E-state index in [1.807, 2.05) is 76.2 Å². The van der Waals surface area contributed by atoms with Crippen LogP contribution in [0.2, 0.25) is 0 Å². The molecule has 1 atom stereocenters. The second-order valence-corrected chi connectivity index (χ2v) is 15.1. The number of allylic oxidation sites excluding steroid dienone is 2. The fraction of sp³-hybridized carbons (Fsp3) is 0.405. The Kier molecular flexibility index (Phi) is 13.3. The first-order valence-electron chi connectivity index (χ1n) is 18.5. The number of urea groups is 1. The van der Waals surface area contributed by atoms with E-state index in [4.69, 9.17) is 20.2 Å². The highest BCUT2D eigenvalue weighted by atomic mass is 16.6. The number of Topliss-reactive ketones (excluding diaryl/α,β-unsaturated/α-hetero) is 1. The van der Waals surface area contributed by atoms with Gasteiger partial charge in [-0.15, -0.1) is 0 Å². The van der Waals surface area contributed by atoms with Crippen molar-refractivity contribution in [3.05, 3.63) is 101 Å². The van der Waals surface area contributed by atoms with Crippen LogP contribution < -0.4 is 21.9 Å². The lowest BCUT2D eigenvalue weighted by atomic mass is 9.75. The number of nitrogens with zero attached hydrogens (tertiary/aromatic N) is 1. The van der Waals surface area contributed by atoms with Crippen molar-refractivity contribution in [2.75, 3.05) is 13.2 Å². The van der Waals surface area contributed by atoms with Gasteiger partial charge in [0.2, 0.25) is 0 Å². The largest absolute Gasteiger partial charge is 0.511 e. The van der Waals surface area contributed by atoms with Crippen LogP contribution in [0.25, 0.3) is 11.1 Å². The third kappa shape index (κ3) is 10.3. The SMILES string of the molecule is CC(C)CC(=Nc1ccc(COC(=O)[C@H](CCCCN)NC(=O)NNC(=O)OCC2c3ccccc3-c3ccccc32)cc1)C1=C(O)CC(C)(C)CC1=O. The van der Waals surface area contributed by atoms with Crippen LogP contribution in [0.3, 0.4) is 0 Å². The molecule has 2 aliphatic rings. The van der Waals surface area contributed by atoms with Crippen molar-refractivity contribution >= 4 is 35.3 Å². The number of carbonyl (C=O) groups excluding carboxylic acids is 4. The number of aliphatic hydroxyl groups excluding tert-OH is 1. The van der Waals surface area contributed by atoms with Gasteiger partial charge in [0.1, 0.15) is 25.0 Å². The molecule has 0 saturated heterocycles. The highest BCUT2D eigenvalue weighted by Crippen LogP contribution is 2.44. The maximum Gasteiger partial charge on any atom is 0.426 e. The van der Waals surface area contributed by atoms with Crippen LogP contribution in [-0.4, -0.2) is 53.9 Å². The van der Waals surface area contributed by atoms with Gasteiger partial charge in [0.25, 0.3) is 0 Å². The maximum atomic E-state index is 13.1. The molecule has 0 spiro atoms. The van der Waals surface area contributed by atoms with E-state index in [9.17, 15) is 24.3 Å². The summed E-state index contributed by atoms with van der Waals surface area (Å²) in [6.45, 7) is 8.43. The smallest absolute Gasteiger partial charge is 0.426 e. The molecule has 2 aliphatic carbocycles. The summed E-state index contributed by atoms with van der Waals surface area (Å²) in [4.78, 5) is 56.3. The van der Waals surface area contributed by atoms with Gasteiger partial charge >= 0.3 is 18.1 Å². The molecule has 0 fully saturated rings. The summed E-state index contributed by atoms with van der Waals surface area (Å²) in [7, 11) is 0. The number of rotatable bonds is 14. The molecule has 3 amide bonds. The molecular weight excluding hydrogens is 686 g/mol. The van der Waals surface area contributed by atoms with Gasteiger partial charge < -0.3 is 25.6 Å². The van der Waals surface area contributed by atoms with Crippen molar-refractivity contribution in [2.45, 2.75) is 84.8 Å². The standard InChI is InChI=1S/C42H51N5O7/c1-26(2)21-35(38-36(48)22-42(3,4)23-37(38)49)44-28-18-16-27(17-19-28)24-53-39(50)34(15-9-10-20-43)45-40(51)46-47-41(52)54-25-33-31-13-7-5-11-29(31)30-12-6-8-14-32(30)33/h5-8,11-14,16-19,26,33-34,48H,9-10,15,20-25,43H2,1-4H3,(H,47,52)(H2,45,46,51)/t34-/m0/s1. The predicted octanol–water partition coefficient (Wildman–Crippen LogP) is 7.30. The number of aliphatic hydroxyl groups is 1. The molecule has 0 heterocycles. The number of hydrogen-bond donors (Lipinski definition) is 5. The molecule has 3 aromatic carbocycles. The summed E-state index contributed by atoms with van der Waals surface area (Å²) in [6, 6.07) is 21.2. The summed E-state index contributed by atoms with van der Waals surface area (Å²) in [5, 5.41) is 13.4. The lowest BCUT2D eigenvalue weighted by molar-refractivity contribution is -0.147. The van der Waals surface area contributed by atoms with Gasteiger partial charge in [0.05, 0.1) is 17.0 Å². The number of nitrogens with one attached hydrogen (secondary N) is 3. The Hall–Kier alpha value is -5.49. The Morgan fingerprint density at radius 3 is 2.17 bits per heavy atom. The van der Waals surface area contributed by atoms with Gasteiger partial charge in [-0.2, -0.15) is 0 Å². The molecule has 3 aromatic rings. The lowest BCUT2D eigenvalue weighted by Gasteiger charge is -2.30. The topological polar surface area (TPSA) is 181 Å². The lowest BCUT2D eigenvalue weighted by Crippen LogP contribution is -2.52. The van der Waals surface area contributed by atoms with E-state index in [2.05, 4.69) is 16.2 Å². The molecule has 0 radical (unpaired) electrons. The van der Waals surface area contributed by atoms with Crippen LogP contribution in [0.1, 0.15) is 88.8 Å². The number of fused-ring (bicyclic) bond motifs is 3. The van der Waals surface area contributed by atoms with Crippen LogP contribution >= 0.6 is 0 Å². The van der Waals surface area contributed by atoms with E-state index in [0.29, 0.717) is 61.2 Å². The summed E-state index contributed by atoms with van der Waals surface area (Å²) in [5.74, 6) is -0.607. The predicted molar refractivity (Wildman–Crippen MR) is 207 cm³/mol. The second-order valence-electron chi connectivity index (χ2n) is 15.1. The number of ether oxygens (including phenoxy) is 2. The van der Waals surface area contributed by atoms with Crippen molar-refractivity contribution in [1.82, 2.24) is 16.2 Å². The third-order valence-electron chi connectivity index (χ3n) is 9.48. The van der Waals surface area contributed by atoms with Gasteiger partial charge in [0, 0.05) is 18.8 Å². The molecule has 0 unspecified atom stereocenters. The average Bonchev–Trinajstić information content (AvgIpc) is 3.44. The van der Waals surface area contributed by atoms with E-state index < -0.39 is 24.1 Å². The highest BCUT2D eigenvalue weighted by molar-refractivity contribution is 6.23. The Balaban J connectivity index is 1.14. The number of hydrazine groups is 1. The number of esters is 1. The molecule has 0 aliphatic heterocycles. The second kappa shape index (κ2) is 18.0. The van der Waals surface area contributed by atoms with Crippen molar-refractivity contribution in [3.8, 4) is 11.1 Å². The van der Waals surface area contributed by atoms with Crippen LogP contribution in [0.15, 0.2) is 89.1 Å². The normalized spacial score (nSPS) is 15.7.